The molecule has 0 saturated heterocycles. The third-order valence-corrected chi connectivity index (χ3v) is 3.51. The van der Waals surface area contributed by atoms with E-state index in [-0.39, 0.29) is 6.03 Å². The fourth-order valence-electron chi connectivity index (χ4n) is 2.34. The summed E-state index contributed by atoms with van der Waals surface area (Å²) in [6.07, 6.45) is -1.76. The smallest absolute Gasteiger partial charge is 0.315 e. The first kappa shape index (κ1) is 18.7. The first-order chi connectivity index (χ1) is 12.0. The number of ether oxygens (including phenoxy) is 1. The van der Waals surface area contributed by atoms with E-state index in [0.717, 1.165) is 12.0 Å². The number of urea groups is 1. The Morgan fingerprint density at radius 2 is 1.84 bits per heavy atom. The van der Waals surface area contributed by atoms with E-state index in [2.05, 4.69) is 16.7 Å². The van der Waals surface area contributed by atoms with Crippen LogP contribution in [0.2, 0.25) is 0 Å². The van der Waals surface area contributed by atoms with Gasteiger partial charge in [0.15, 0.2) is 0 Å². The fraction of sp³-hybridized carbons (Fsp3) is 0.316. The summed E-state index contributed by atoms with van der Waals surface area (Å²) < 4.78 is 29.3. The molecule has 0 saturated carbocycles. The van der Waals surface area contributed by atoms with Crippen molar-refractivity contribution in [3.63, 3.8) is 0 Å². The molecule has 2 rings (SSSR count). The molecule has 0 radical (unpaired) electrons. The normalized spacial score (nSPS) is 10.6. The molecule has 0 fully saturated rings. The van der Waals surface area contributed by atoms with Crippen molar-refractivity contribution in [3.05, 3.63) is 65.2 Å². The molecule has 0 aliphatic heterocycles. The molecule has 0 aliphatic rings. The largest absolute Gasteiger partial charge is 0.488 e. The van der Waals surface area contributed by atoms with Crippen molar-refractivity contribution in [3.8, 4) is 5.75 Å². The number of hydrogen-bond donors (Lipinski definition) is 2. The highest BCUT2D eigenvalue weighted by Gasteiger charge is 2.05. The highest BCUT2D eigenvalue weighted by molar-refractivity contribution is 5.73. The van der Waals surface area contributed by atoms with Crippen molar-refractivity contribution >= 4 is 6.03 Å². The van der Waals surface area contributed by atoms with E-state index in [1.165, 1.54) is 11.1 Å². The number of rotatable bonds is 8. The SMILES string of the molecule is Cc1cccc(CCNC(=O)NCc2cccc(OCC(F)F)c2)c1. The second-order valence-corrected chi connectivity index (χ2v) is 5.70. The molecule has 2 N–H and O–H groups in total. The molecule has 0 atom stereocenters. The molecule has 2 amide bonds. The highest BCUT2D eigenvalue weighted by atomic mass is 19.3. The van der Waals surface area contributed by atoms with Crippen molar-refractivity contribution in [1.29, 1.82) is 0 Å². The second kappa shape index (κ2) is 9.61. The van der Waals surface area contributed by atoms with Crippen LogP contribution in [0.15, 0.2) is 48.5 Å². The molecule has 0 unspecified atom stereocenters. The summed E-state index contributed by atoms with van der Waals surface area (Å²) in [5.74, 6) is 0.361. The lowest BCUT2D eigenvalue weighted by atomic mass is 10.1. The maximum atomic E-state index is 12.1. The van der Waals surface area contributed by atoms with Crippen molar-refractivity contribution in [1.82, 2.24) is 10.6 Å². The molecule has 0 aromatic heterocycles. The number of carbonyl (C=O) groups excluding carboxylic acids is 1. The van der Waals surface area contributed by atoms with Crippen molar-refractivity contribution in [2.75, 3.05) is 13.2 Å². The van der Waals surface area contributed by atoms with Gasteiger partial charge in [0.05, 0.1) is 0 Å². The van der Waals surface area contributed by atoms with Crippen molar-refractivity contribution < 1.29 is 18.3 Å². The molecule has 2 aromatic carbocycles. The van der Waals surface area contributed by atoms with E-state index in [0.29, 0.717) is 18.8 Å². The molecule has 6 heteroatoms. The minimum atomic E-state index is -2.51. The summed E-state index contributed by atoms with van der Waals surface area (Å²) in [6, 6.07) is 14.6. The van der Waals surface area contributed by atoms with Gasteiger partial charge in [0.2, 0.25) is 0 Å². The van der Waals surface area contributed by atoms with Crippen molar-refractivity contribution in [2.45, 2.75) is 26.3 Å². The van der Waals surface area contributed by atoms with Crippen LogP contribution in [0.3, 0.4) is 0 Å². The lowest BCUT2D eigenvalue weighted by Gasteiger charge is -2.10. The predicted octanol–water partition coefficient (Wildman–Crippen LogP) is 3.68. The number of halogens is 2. The quantitative estimate of drug-likeness (QED) is 0.765. The number of benzene rings is 2. The Morgan fingerprint density at radius 1 is 1.08 bits per heavy atom. The molecule has 2 aromatic rings. The molecule has 0 aliphatic carbocycles. The minimum absolute atomic E-state index is 0.272. The summed E-state index contributed by atoms with van der Waals surface area (Å²) in [5, 5.41) is 5.53. The molecular weight excluding hydrogens is 326 g/mol. The molecule has 134 valence electrons. The maximum Gasteiger partial charge on any atom is 0.315 e. The predicted molar refractivity (Wildman–Crippen MR) is 93.1 cm³/mol. The van der Waals surface area contributed by atoms with Gasteiger partial charge in [-0.25, -0.2) is 13.6 Å². The van der Waals surface area contributed by atoms with Crippen LogP contribution in [0.1, 0.15) is 16.7 Å². The van der Waals surface area contributed by atoms with Crippen LogP contribution in [0.5, 0.6) is 5.75 Å². The van der Waals surface area contributed by atoms with Gasteiger partial charge in [0, 0.05) is 13.1 Å². The summed E-state index contributed by atoms with van der Waals surface area (Å²) in [6.45, 7) is 2.22. The molecule has 4 nitrogen and oxygen atoms in total. The van der Waals surface area contributed by atoms with Crippen LogP contribution in [0.4, 0.5) is 13.6 Å². The monoisotopic (exact) mass is 348 g/mol. The Labute approximate surface area is 146 Å². The average Bonchev–Trinajstić information content (AvgIpc) is 2.59. The maximum absolute atomic E-state index is 12.1. The van der Waals surface area contributed by atoms with Crippen molar-refractivity contribution in [2.24, 2.45) is 0 Å². The zero-order valence-corrected chi connectivity index (χ0v) is 14.1. The van der Waals surface area contributed by atoms with E-state index >= 15 is 0 Å². The number of hydrogen-bond acceptors (Lipinski definition) is 2. The number of amides is 2. The Balaban J connectivity index is 1.71. The number of alkyl halides is 2. The van der Waals surface area contributed by atoms with E-state index in [4.69, 9.17) is 4.74 Å². The molecular formula is C19H22F2N2O2. The van der Waals surface area contributed by atoms with Gasteiger partial charge in [0.1, 0.15) is 12.4 Å². The van der Waals surface area contributed by atoms with Crippen LogP contribution in [-0.2, 0) is 13.0 Å². The molecule has 0 bridgehead atoms. The topological polar surface area (TPSA) is 50.4 Å². The second-order valence-electron chi connectivity index (χ2n) is 5.70. The van der Waals surface area contributed by atoms with Crippen LogP contribution in [0.25, 0.3) is 0 Å². The Kier molecular flexibility index (Phi) is 7.19. The third kappa shape index (κ3) is 7.20. The summed E-state index contributed by atoms with van der Waals surface area (Å²) >= 11 is 0. The number of carbonyl (C=O) groups is 1. The van der Waals surface area contributed by atoms with Gasteiger partial charge in [-0.15, -0.1) is 0 Å². The van der Waals surface area contributed by atoms with Gasteiger partial charge in [-0.1, -0.05) is 42.0 Å². The van der Waals surface area contributed by atoms with Crippen LogP contribution in [0, 0.1) is 6.92 Å². The highest BCUT2D eigenvalue weighted by Crippen LogP contribution is 2.14. The van der Waals surface area contributed by atoms with Gasteiger partial charge in [0.25, 0.3) is 6.43 Å². The standard InChI is InChI=1S/C19H22F2N2O2/c1-14-4-2-5-15(10-14)8-9-22-19(24)23-12-16-6-3-7-17(11-16)25-13-18(20)21/h2-7,10-11,18H,8-9,12-13H2,1H3,(H2,22,23,24). The number of nitrogens with one attached hydrogen (secondary N) is 2. The van der Waals surface area contributed by atoms with Gasteiger partial charge in [-0.2, -0.15) is 0 Å². The van der Waals surface area contributed by atoms with Crippen LogP contribution < -0.4 is 15.4 Å². The zero-order chi connectivity index (χ0) is 18.1. The van der Waals surface area contributed by atoms with E-state index in [1.807, 2.05) is 25.1 Å². The zero-order valence-electron chi connectivity index (χ0n) is 14.1. The van der Waals surface area contributed by atoms with Gasteiger partial charge in [-0.05, 0) is 36.6 Å². The minimum Gasteiger partial charge on any atom is -0.488 e. The Bertz CT molecular complexity index is 693. The molecule has 0 spiro atoms. The first-order valence-corrected chi connectivity index (χ1v) is 8.10. The molecule has 25 heavy (non-hydrogen) atoms. The first-order valence-electron chi connectivity index (χ1n) is 8.10. The molecule has 0 heterocycles. The van der Waals surface area contributed by atoms with E-state index in [1.54, 1.807) is 24.3 Å². The number of aryl methyl sites for hydroxylation is 1. The Hall–Kier alpha value is -2.63. The summed E-state index contributed by atoms with van der Waals surface area (Å²) in [4.78, 5) is 11.8. The van der Waals surface area contributed by atoms with E-state index < -0.39 is 13.0 Å². The van der Waals surface area contributed by atoms with Crippen LogP contribution >= 0.6 is 0 Å². The summed E-state index contributed by atoms with van der Waals surface area (Å²) in [5.41, 5.74) is 3.14. The fourth-order valence-corrected chi connectivity index (χ4v) is 2.34. The van der Waals surface area contributed by atoms with Gasteiger partial charge < -0.3 is 15.4 Å². The lowest BCUT2D eigenvalue weighted by molar-refractivity contribution is 0.0818. The average molecular weight is 348 g/mol. The van der Waals surface area contributed by atoms with Gasteiger partial charge in [-0.3, -0.25) is 0 Å². The third-order valence-electron chi connectivity index (χ3n) is 3.51. The van der Waals surface area contributed by atoms with Gasteiger partial charge >= 0.3 is 6.03 Å². The Morgan fingerprint density at radius 3 is 2.60 bits per heavy atom. The van der Waals surface area contributed by atoms with E-state index in [9.17, 15) is 13.6 Å². The summed E-state index contributed by atoms with van der Waals surface area (Å²) in [7, 11) is 0. The lowest BCUT2D eigenvalue weighted by Crippen LogP contribution is -2.36. The van der Waals surface area contributed by atoms with Crippen LogP contribution in [-0.4, -0.2) is 25.6 Å².